The molecule has 1 rings (SSSR count). The molecule has 0 aromatic carbocycles. The maximum absolute atomic E-state index is 10.1. The van der Waals surface area contributed by atoms with Gasteiger partial charge in [0.05, 0.1) is 5.97 Å². The van der Waals surface area contributed by atoms with E-state index in [-0.39, 0.29) is 29.6 Å². The number of thiophene rings is 1. The van der Waals surface area contributed by atoms with Crippen LogP contribution in [-0.2, 0) is 0 Å². The molecule has 0 aliphatic heterocycles. The standard InChI is InChI=1S/C6H6O2S.Na/c1-4-2-5(6(7)8)9-3-4;/h2-3H,1H3,(H,7,8);/q;+1/p-1. The summed E-state index contributed by atoms with van der Waals surface area (Å²) in [6, 6.07) is 1.60. The zero-order valence-corrected chi connectivity index (χ0v) is 8.70. The molecule has 48 valence electrons. The molecule has 1 aromatic rings. The van der Waals surface area contributed by atoms with Gasteiger partial charge in [0.25, 0.3) is 0 Å². The van der Waals surface area contributed by atoms with Crippen molar-refractivity contribution < 1.29 is 39.5 Å². The van der Waals surface area contributed by atoms with Crippen LogP contribution < -0.4 is 34.7 Å². The first kappa shape index (κ1) is 10.2. The summed E-state index contributed by atoms with van der Waals surface area (Å²) in [6.07, 6.45) is 0. The fourth-order valence-corrected chi connectivity index (χ4v) is 1.27. The molecule has 0 saturated carbocycles. The second kappa shape index (κ2) is 4.13. The van der Waals surface area contributed by atoms with Gasteiger partial charge < -0.3 is 9.90 Å². The van der Waals surface area contributed by atoms with Crippen LogP contribution in [0, 0.1) is 6.92 Å². The summed E-state index contributed by atoms with van der Waals surface area (Å²) in [7, 11) is 0. The molecular formula is C6H5NaO2S. The fraction of sp³-hybridized carbons (Fsp3) is 0.167. The van der Waals surface area contributed by atoms with Crippen molar-refractivity contribution in [2.75, 3.05) is 0 Å². The maximum atomic E-state index is 10.1. The monoisotopic (exact) mass is 164 g/mol. The molecule has 1 heterocycles. The molecule has 0 aliphatic rings. The minimum atomic E-state index is -1.09. The van der Waals surface area contributed by atoms with Crippen molar-refractivity contribution in [1.82, 2.24) is 0 Å². The third kappa shape index (κ3) is 2.42. The van der Waals surface area contributed by atoms with Crippen molar-refractivity contribution in [3.05, 3.63) is 21.9 Å². The second-order valence-electron chi connectivity index (χ2n) is 1.78. The molecule has 0 spiro atoms. The number of aromatic carboxylic acids is 1. The number of hydrogen-bond donors (Lipinski definition) is 0. The van der Waals surface area contributed by atoms with E-state index in [0.29, 0.717) is 4.88 Å². The van der Waals surface area contributed by atoms with Gasteiger partial charge in [-0.1, -0.05) is 0 Å². The average Bonchev–Trinajstić information content (AvgIpc) is 2.14. The van der Waals surface area contributed by atoms with E-state index in [2.05, 4.69) is 0 Å². The van der Waals surface area contributed by atoms with Gasteiger partial charge in [-0.3, -0.25) is 0 Å². The van der Waals surface area contributed by atoms with Crippen LogP contribution in [0.5, 0.6) is 0 Å². The quantitative estimate of drug-likeness (QED) is 0.428. The van der Waals surface area contributed by atoms with E-state index in [1.54, 1.807) is 11.4 Å². The first-order valence-electron chi connectivity index (χ1n) is 2.46. The Bertz CT molecular complexity index is 231. The molecule has 0 radical (unpaired) electrons. The summed E-state index contributed by atoms with van der Waals surface area (Å²) in [5.41, 5.74) is 0.971. The second-order valence-corrected chi connectivity index (χ2v) is 2.69. The molecule has 0 atom stereocenters. The Labute approximate surface area is 85.2 Å². The van der Waals surface area contributed by atoms with Crippen molar-refractivity contribution in [1.29, 1.82) is 0 Å². The van der Waals surface area contributed by atoms with Gasteiger partial charge in [-0.05, 0) is 23.9 Å². The Morgan fingerprint density at radius 3 is 2.50 bits per heavy atom. The zero-order valence-electron chi connectivity index (χ0n) is 5.88. The van der Waals surface area contributed by atoms with Crippen LogP contribution in [0.2, 0.25) is 0 Å². The van der Waals surface area contributed by atoms with Crippen LogP contribution in [0.3, 0.4) is 0 Å². The summed E-state index contributed by atoms with van der Waals surface area (Å²) in [5.74, 6) is -1.09. The summed E-state index contributed by atoms with van der Waals surface area (Å²) in [6.45, 7) is 1.85. The van der Waals surface area contributed by atoms with Crippen LogP contribution in [-0.4, -0.2) is 5.97 Å². The Kier molecular flexibility index (Phi) is 4.20. The van der Waals surface area contributed by atoms with E-state index in [1.165, 1.54) is 11.3 Å². The van der Waals surface area contributed by atoms with Crippen molar-refractivity contribution in [3.8, 4) is 0 Å². The fourth-order valence-electron chi connectivity index (χ4n) is 0.538. The molecule has 1 aromatic heterocycles. The van der Waals surface area contributed by atoms with Gasteiger partial charge in [0.2, 0.25) is 0 Å². The number of carbonyl (C=O) groups is 1. The van der Waals surface area contributed by atoms with Crippen molar-refractivity contribution in [3.63, 3.8) is 0 Å². The number of hydrogen-bond acceptors (Lipinski definition) is 3. The molecule has 10 heavy (non-hydrogen) atoms. The molecule has 0 unspecified atom stereocenters. The van der Waals surface area contributed by atoms with Gasteiger partial charge in [-0.25, -0.2) is 0 Å². The third-order valence-electron chi connectivity index (χ3n) is 0.932. The SMILES string of the molecule is Cc1csc(C(=O)[O-])c1.[Na+]. The first-order valence-corrected chi connectivity index (χ1v) is 3.34. The third-order valence-corrected chi connectivity index (χ3v) is 1.96. The van der Waals surface area contributed by atoms with E-state index in [0.717, 1.165) is 5.56 Å². The van der Waals surface area contributed by atoms with Gasteiger partial charge in [-0.2, -0.15) is 0 Å². The number of carbonyl (C=O) groups excluding carboxylic acids is 1. The van der Waals surface area contributed by atoms with E-state index >= 15 is 0 Å². The predicted molar refractivity (Wildman–Crippen MR) is 33.4 cm³/mol. The minimum absolute atomic E-state index is 0. The number of carboxylic acids is 1. The van der Waals surface area contributed by atoms with Gasteiger partial charge in [0.1, 0.15) is 0 Å². The smallest absolute Gasteiger partial charge is 0.544 e. The summed E-state index contributed by atoms with van der Waals surface area (Å²) < 4.78 is 0. The van der Waals surface area contributed by atoms with Gasteiger partial charge >= 0.3 is 29.6 Å². The molecular weight excluding hydrogens is 159 g/mol. The Morgan fingerprint density at radius 1 is 1.70 bits per heavy atom. The molecule has 2 nitrogen and oxygen atoms in total. The predicted octanol–water partition coefficient (Wildman–Crippen LogP) is -2.58. The van der Waals surface area contributed by atoms with Crippen molar-refractivity contribution >= 4 is 17.3 Å². The molecule has 0 saturated heterocycles. The maximum Gasteiger partial charge on any atom is 1.00 e. The number of rotatable bonds is 1. The van der Waals surface area contributed by atoms with E-state index in [9.17, 15) is 9.90 Å². The van der Waals surface area contributed by atoms with Crippen LogP contribution >= 0.6 is 11.3 Å². The molecule has 0 N–H and O–H groups in total. The topological polar surface area (TPSA) is 40.1 Å². The van der Waals surface area contributed by atoms with Gasteiger partial charge in [-0.15, -0.1) is 11.3 Å². The van der Waals surface area contributed by atoms with Gasteiger partial charge in [0, 0.05) is 4.88 Å². The molecule has 0 aliphatic carbocycles. The first-order chi connectivity index (χ1) is 4.20. The van der Waals surface area contributed by atoms with Crippen LogP contribution in [0.1, 0.15) is 15.2 Å². The Morgan fingerprint density at radius 2 is 2.30 bits per heavy atom. The van der Waals surface area contributed by atoms with Crippen LogP contribution in [0.15, 0.2) is 11.4 Å². The largest absolute Gasteiger partial charge is 1.00 e. The van der Waals surface area contributed by atoms with E-state index in [1.807, 2.05) is 6.92 Å². The molecule has 4 heteroatoms. The Balaban J connectivity index is 0.000000810. The van der Waals surface area contributed by atoms with Crippen molar-refractivity contribution in [2.24, 2.45) is 0 Å². The zero-order chi connectivity index (χ0) is 6.85. The normalized spacial score (nSPS) is 8.50. The number of aryl methyl sites for hydroxylation is 1. The summed E-state index contributed by atoms with van der Waals surface area (Å²) >= 11 is 1.20. The van der Waals surface area contributed by atoms with E-state index in [4.69, 9.17) is 0 Å². The summed E-state index contributed by atoms with van der Waals surface area (Å²) in [4.78, 5) is 10.4. The van der Waals surface area contributed by atoms with Crippen molar-refractivity contribution in [2.45, 2.75) is 6.92 Å². The number of carboxylic acid groups (broad SMARTS) is 1. The Hall–Kier alpha value is 0.170. The minimum Gasteiger partial charge on any atom is -0.544 e. The van der Waals surface area contributed by atoms with Crippen LogP contribution in [0.25, 0.3) is 0 Å². The van der Waals surface area contributed by atoms with Crippen LogP contribution in [0.4, 0.5) is 0 Å². The molecule has 0 fully saturated rings. The molecule has 0 bridgehead atoms. The molecule has 0 amide bonds. The average molecular weight is 164 g/mol. The van der Waals surface area contributed by atoms with Gasteiger partial charge in [0.15, 0.2) is 0 Å². The summed E-state index contributed by atoms with van der Waals surface area (Å²) in [5, 5.41) is 11.9. The van der Waals surface area contributed by atoms with E-state index < -0.39 is 5.97 Å².